The lowest BCUT2D eigenvalue weighted by molar-refractivity contribution is 0.102. The van der Waals surface area contributed by atoms with Gasteiger partial charge in [0.2, 0.25) is 0 Å². The maximum Gasteiger partial charge on any atom is 0.259 e. The molecule has 106 valence electrons. The maximum absolute atomic E-state index is 12.4. The molecule has 0 unspecified atom stereocenters. The molecule has 3 aromatic heterocycles. The third kappa shape index (κ3) is 1.85. The highest BCUT2D eigenvalue weighted by molar-refractivity contribution is 6.08. The van der Waals surface area contributed by atoms with Crippen molar-refractivity contribution in [1.82, 2.24) is 19.7 Å². The molecule has 0 saturated carbocycles. The number of carbonyl (C=O) groups is 1. The van der Waals surface area contributed by atoms with Crippen LogP contribution in [0.1, 0.15) is 21.8 Å². The minimum Gasteiger partial charge on any atom is -0.364 e. The van der Waals surface area contributed by atoms with Gasteiger partial charge < -0.3 is 19.4 Å². The molecule has 0 saturated heterocycles. The van der Waals surface area contributed by atoms with Gasteiger partial charge in [-0.3, -0.25) is 4.79 Å². The van der Waals surface area contributed by atoms with E-state index in [1.54, 1.807) is 25.4 Å². The molecule has 0 aromatic carbocycles. The van der Waals surface area contributed by atoms with Gasteiger partial charge in [-0.2, -0.15) is 0 Å². The number of anilines is 1. The Morgan fingerprint density at radius 3 is 3.24 bits per heavy atom. The Morgan fingerprint density at radius 1 is 1.52 bits per heavy atom. The van der Waals surface area contributed by atoms with E-state index in [-0.39, 0.29) is 5.91 Å². The van der Waals surface area contributed by atoms with E-state index in [2.05, 4.69) is 20.4 Å². The van der Waals surface area contributed by atoms with Crippen LogP contribution < -0.4 is 5.32 Å². The van der Waals surface area contributed by atoms with Crippen molar-refractivity contribution in [2.45, 2.75) is 19.9 Å². The predicted molar refractivity (Wildman–Crippen MR) is 74.9 cm³/mol. The summed E-state index contributed by atoms with van der Waals surface area (Å²) in [6, 6.07) is 1.68. The zero-order chi connectivity index (χ0) is 14.4. The Hall–Kier alpha value is -2.83. The molecule has 0 fully saturated rings. The van der Waals surface area contributed by atoms with E-state index < -0.39 is 0 Å². The van der Waals surface area contributed by atoms with Gasteiger partial charge in [0.1, 0.15) is 11.6 Å². The quantitative estimate of drug-likeness (QED) is 0.752. The summed E-state index contributed by atoms with van der Waals surface area (Å²) in [4.78, 5) is 20.0. The molecule has 4 heterocycles. The monoisotopic (exact) mass is 283 g/mol. The molecule has 0 radical (unpaired) electrons. The molecular weight excluding hydrogens is 270 g/mol. The number of nitrogens with zero attached hydrogens (tertiary/aromatic N) is 3. The second kappa shape index (κ2) is 4.34. The molecule has 0 atom stereocenters. The molecule has 0 aliphatic carbocycles. The number of nitrogens with one attached hydrogen (secondary N) is 2. The standard InChI is InChI=1S/C14H13N5O2/c1-8-6-11(18-21-8)17-14(20)9-7-16-10-2-4-19-5-3-15-13(19)12(9)10/h3,5-7,16H,2,4H2,1H3,(H,17,18,20). The number of rotatable bonds is 2. The van der Waals surface area contributed by atoms with Crippen LogP contribution in [0.4, 0.5) is 5.82 Å². The van der Waals surface area contributed by atoms with Gasteiger partial charge in [0.25, 0.3) is 5.91 Å². The second-order valence-electron chi connectivity index (χ2n) is 5.03. The number of aromatic amines is 1. The molecular formula is C14H13N5O2. The second-order valence-corrected chi connectivity index (χ2v) is 5.03. The van der Waals surface area contributed by atoms with Gasteiger partial charge in [-0.25, -0.2) is 4.98 Å². The summed E-state index contributed by atoms with van der Waals surface area (Å²) in [6.07, 6.45) is 6.25. The summed E-state index contributed by atoms with van der Waals surface area (Å²) < 4.78 is 7.00. The minimum absolute atomic E-state index is 0.225. The third-order valence-electron chi connectivity index (χ3n) is 3.62. The van der Waals surface area contributed by atoms with Crippen LogP contribution in [0, 0.1) is 6.92 Å². The highest BCUT2D eigenvalue weighted by Gasteiger charge is 2.25. The van der Waals surface area contributed by atoms with Crippen molar-refractivity contribution in [1.29, 1.82) is 0 Å². The molecule has 7 nitrogen and oxygen atoms in total. The first-order valence-electron chi connectivity index (χ1n) is 6.69. The molecule has 3 aromatic rings. The largest absolute Gasteiger partial charge is 0.364 e. The number of aryl methyl sites for hydroxylation is 3. The molecule has 1 aliphatic rings. The lowest BCUT2D eigenvalue weighted by Gasteiger charge is -2.15. The van der Waals surface area contributed by atoms with Crippen molar-refractivity contribution < 1.29 is 9.32 Å². The zero-order valence-electron chi connectivity index (χ0n) is 11.4. The average molecular weight is 283 g/mol. The third-order valence-corrected chi connectivity index (χ3v) is 3.62. The van der Waals surface area contributed by atoms with E-state index in [9.17, 15) is 4.79 Å². The average Bonchev–Trinajstić information content (AvgIpc) is 3.15. The Labute approximate surface area is 120 Å². The molecule has 1 aliphatic heterocycles. The summed E-state index contributed by atoms with van der Waals surface area (Å²) in [7, 11) is 0. The highest BCUT2D eigenvalue weighted by atomic mass is 16.5. The number of H-pyrrole nitrogens is 1. The van der Waals surface area contributed by atoms with E-state index >= 15 is 0 Å². The smallest absolute Gasteiger partial charge is 0.259 e. The number of hydrogen-bond acceptors (Lipinski definition) is 4. The van der Waals surface area contributed by atoms with Gasteiger partial charge in [0, 0.05) is 43.3 Å². The summed E-state index contributed by atoms with van der Waals surface area (Å²) in [5.74, 6) is 1.65. The Kier molecular flexibility index (Phi) is 2.47. The molecule has 1 amide bonds. The van der Waals surface area contributed by atoms with Crippen LogP contribution >= 0.6 is 0 Å². The van der Waals surface area contributed by atoms with Gasteiger partial charge in [0.15, 0.2) is 5.82 Å². The first-order valence-corrected chi connectivity index (χ1v) is 6.69. The molecule has 4 rings (SSSR count). The van der Waals surface area contributed by atoms with E-state index in [4.69, 9.17) is 4.52 Å². The summed E-state index contributed by atoms with van der Waals surface area (Å²) >= 11 is 0. The minimum atomic E-state index is -0.225. The maximum atomic E-state index is 12.4. The van der Waals surface area contributed by atoms with Crippen molar-refractivity contribution in [3.05, 3.63) is 41.7 Å². The van der Waals surface area contributed by atoms with Gasteiger partial charge in [0.05, 0.1) is 11.1 Å². The van der Waals surface area contributed by atoms with Gasteiger partial charge >= 0.3 is 0 Å². The summed E-state index contributed by atoms with van der Waals surface area (Å²) in [5.41, 5.74) is 2.47. The molecule has 0 bridgehead atoms. The van der Waals surface area contributed by atoms with Crippen molar-refractivity contribution >= 4 is 11.7 Å². The van der Waals surface area contributed by atoms with Crippen molar-refractivity contribution in [3.8, 4) is 11.4 Å². The number of amides is 1. The normalized spacial score (nSPS) is 12.8. The van der Waals surface area contributed by atoms with Crippen molar-refractivity contribution in [2.24, 2.45) is 0 Å². The van der Waals surface area contributed by atoms with E-state index in [1.807, 2.05) is 10.8 Å². The number of aromatic nitrogens is 4. The van der Waals surface area contributed by atoms with E-state index in [1.165, 1.54) is 0 Å². The van der Waals surface area contributed by atoms with Crippen molar-refractivity contribution in [3.63, 3.8) is 0 Å². The highest BCUT2D eigenvalue weighted by Crippen LogP contribution is 2.31. The fraction of sp³-hybridized carbons (Fsp3) is 0.214. The topological polar surface area (TPSA) is 88.7 Å². The number of hydrogen-bond donors (Lipinski definition) is 2. The van der Waals surface area contributed by atoms with E-state index in [0.29, 0.717) is 17.1 Å². The molecule has 0 spiro atoms. The predicted octanol–water partition coefficient (Wildman–Crippen LogP) is 1.98. The number of carbonyl (C=O) groups excluding carboxylic acids is 1. The number of imidazole rings is 1. The first-order chi connectivity index (χ1) is 10.2. The van der Waals surface area contributed by atoms with Gasteiger partial charge in [-0.1, -0.05) is 5.16 Å². The summed E-state index contributed by atoms with van der Waals surface area (Å²) in [6.45, 7) is 2.64. The van der Waals surface area contributed by atoms with Gasteiger partial charge in [-0.15, -0.1) is 0 Å². The molecule has 7 heteroatoms. The Balaban J connectivity index is 1.71. The molecule has 21 heavy (non-hydrogen) atoms. The zero-order valence-corrected chi connectivity index (χ0v) is 11.4. The van der Waals surface area contributed by atoms with Crippen LogP contribution in [0.5, 0.6) is 0 Å². The fourth-order valence-electron chi connectivity index (χ4n) is 2.66. The summed E-state index contributed by atoms with van der Waals surface area (Å²) in [5, 5.41) is 6.51. The Morgan fingerprint density at radius 2 is 2.43 bits per heavy atom. The lowest BCUT2D eigenvalue weighted by atomic mass is 10.0. The van der Waals surface area contributed by atoms with Crippen LogP contribution in [0.25, 0.3) is 11.4 Å². The Bertz CT molecular complexity index is 826. The van der Waals surface area contributed by atoms with Crippen LogP contribution in [-0.4, -0.2) is 25.6 Å². The SMILES string of the molecule is Cc1cc(NC(=O)c2c[nH]c3c2-c2nccn2CC3)no1. The van der Waals surface area contributed by atoms with Gasteiger partial charge in [-0.05, 0) is 6.92 Å². The van der Waals surface area contributed by atoms with Crippen molar-refractivity contribution in [2.75, 3.05) is 5.32 Å². The number of fused-ring (bicyclic) bond motifs is 3. The first kappa shape index (κ1) is 12.0. The lowest BCUT2D eigenvalue weighted by Crippen LogP contribution is -2.15. The van der Waals surface area contributed by atoms with Crippen LogP contribution in [-0.2, 0) is 13.0 Å². The van der Waals surface area contributed by atoms with E-state index in [0.717, 1.165) is 30.0 Å². The van der Waals surface area contributed by atoms with Crippen LogP contribution in [0.2, 0.25) is 0 Å². The molecule has 2 N–H and O–H groups in total. The van der Waals surface area contributed by atoms with Crippen LogP contribution in [0.3, 0.4) is 0 Å². The van der Waals surface area contributed by atoms with Crippen LogP contribution in [0.15, 0.2) is 29.2 Å². The fourth-order valence-corrected chi connectivity index (χ4v) is 2.66.